The van der Waals surface area contributed by atoms with E-state index in [2.05, 4.69) is 4.90 Å². The summed E-state index contributed by atoms with van der Waals surface area (Å²) in [5.74, 6) is 0.779. The fourth-order valence-corrected chi connectivity index (χ4v) is 4.68. The number of carbonyl (C=O) groups is 1. The summed E-state index contributed by atoms with van der Waals surface area (Å²) in [5.41, 5.74) is 8.02. The van der Waals surface area contributed by atoms with Crippen LogP contribution in [0.25, 0.3) is 0 Å². The normalized spacial score (nSPS) is 21.4. The van der Waals surface area contributed by atoms with E-state index < -0.39 is 0 Å². The Labute approximate surface area is 197 Å². The smallest absolute Gasteiger partial charge is 0.328 e. The molecule has 2 amide bonds. The van der Waals surface area contributed by atoms with Gasteiger partial charge in [0.25, 0.3) is 0 Å². The molecule has 2 N–H and O–H groups in total. The average molecular weight is 453 g/mol. The zero-order valence-corrected chi connectivity index (χ0v) is 19.6. The molecule has 1 saturated carbocycles. The van der Waals surface area contributed by atoms with Gasteiger partial charge in [0.2, 0.25) is 0 Å². The molecule has 1 aliphatic heterocycles. The molecular weight excluding hydrogens is 416 g/mol. The van der Waals surface area contributed by atoms with Gasteiger partial charge in [0.1, 0.15) is 12.4 Å². The van der Waals surface area contributed by atoms with Crippen LogP contribution in [0, 0.1) is 0 Å². The van der Waals surface area contributed by atoms with Crippen molar-refractivity contribution in [2.45, 2.75) is 37.8 Å². The number of nitrogens with two attached hydrogens (primary N) is 1. The van der Waals surface area contributed by atoms with Gasteiger partial charge in [-0.15, -0.1) is 0 Å². The standard InChI is InChI=1S/C26H36N4O3/c1-28(22-8-3-2-4-9-22)26(31)30(23-10-5-7-21(27)19-23)24-11-6-12-25(20-24)33-18-15-29-13-16-32-17-14-29/h2-4,6,8-9,11-12,20-21,23H,5,7,10,13-19,27H2,1H3/t21-,23+/m0/s1. The van der Waals surface area contributed by atoms with Gasteiger partial charge < -0.3 is 15.2 Å². The van der Waals surface area contributed by atoms with Crippen LogP contribution in [0.2, 0.25) is 0 Å². The quantitative estimate of drug-likeness (QED) is 0.693. The summed E-state index contributed by atoms with van der Waals surface area (Å²) in [6.07, 6.45) is 3.79. The summed E-state index contributed by atoms with van der Waals surface area (Å²) in [5, 5.41) is 0. The van der Waals surface area contributed by atoms with Gasteiger partial charge in [-0.1, -0.05) is 24.3 Å². The number of ether oxygens (including phenoxy) is 2. The molecule has 2 aromatic carbocycles. The van der Waals surface area contributed by atoms with Crippen molar-refractivity contribution in [2.24, 2.45) is 5.73 Å². The van der Waals surface area contributed by atoms with Gasteiger partial charge in [-0.2, -0.15) is 0 Å². The van der Waals surface area contributed by atoms with E-state index in [1.54, 1.807) is 4.90 Å². The number of hydrogen-bond donors (Lipinski definition) is 1. The van der Waals surface area contributed by atoms with Crippen LogP contribution in [0.3, 0.4) is 0 Å². The molecular formula is C26H36N4O3. The lowest BCUT2D eigenvalue weighted by Crippen LogP contribution is -2.50. The van der Waals surface area contributed by atoms with E-state index in [0.717, 1.165) is 75.7 Å². The molecule has 7 heteroatoms. The summed E-state index contributed by atoms with van der Waals surface area (Å²) in [4.78, 5) is 19.7. The Balaban J connectivity index is 1.51. The van der Waals surface area contributed by atoms with Gasteiger partial charge in [-0.3, -0.25) is 14.7 Å². The van der Waals surface area contributed by atoms with Gasteiger partial charge in [0.15, 0.2) is 0 Å². The summed E-state index contributed by atoms with van der Waals surface area (Å²) in [6.45, 7) is 4.93. The zero-order valence-electron chi connectivity index (χ0n) is 19.6. The van der Waals surface area contributed by atoms with Crippen molar-refractivity contribution in [2.75, 3.05) is 56.3 Å². The number of para-hydroxylation sites is 1. The Morgan fingerprint density at radius 3 is 2.61 bits per heavy atom. The predicted octanol–water partition coefficient (Wildman–Crippen LogP) is 3.73. The molecule has 2 aliphatic rings. The summed E-state index contributed by atoms with van der Waals surface area (Å²) >= 11 is 0. The van der Waals surface area contributed by atoms with Gasteiger partial charge in [0.05, 0.1) is 13.2 Å². The molecule has 2 aromatic rings. The lowest BCUT2D eigenvalue weighted by atomic mass is 9.90. The van der Waals surface area contributed by atoms with E-state index in [1.807, 2.05) is 66.5 Å². The number of rotatable bonds is 7. The molecule has 4 rings (SSSR count). The molecule has 178 valence electrons. The number of benzene rings is 2. The first-order chi connectivity index (χ1) is 16.1. The minimum atomic E-state index is -0.0502. The molecule has 2 fully saturated rings. The van der Waals surface area contributed by atoms with E-state index in [-0.39, 0.29) is 18.1 Å². The number of amides is 2. The monoisotopic (exact) mass is 452 g/mol. The van der Waals surface area contributed by atoms with Gasteiger partial charge in [-0.25, -0.2) is 4.79 Å². The number of morpholine rings is 1. The summed E-state index contributed by atoms with van der Waals surface area (Å²) in [6, 6.07) is 17.8. The Hall–Kier alpha value is -2.61. The van der Waals surface area contributed by atoms with Crippen LogP contribution in [-0.2, 0) is 4.74 Å². The first-order valence-electron chi connectivity index (χ1n) is 12.0. The maximum absolute atomic E-state index is 13.7. The molecule has 0 aromatic heterocycles. The molecule has 1 aliphatic carbocycles. The molecule has 7 nitrogen and oxygen atoms in total. The highest BCUT2D eigenvalue weighted by Gasteiger charge is 2.32. The highest BCUT2D eigenvalue weighted by atomic mass is 16.5. The van der Waals surface area contributed by atoms with Crippen molar-refractivity contribution in [1.82, 2.24) is 4.90 Å². The predicted molar refractivity (Wildman–Crippen MR) is 132 cm³/mol. The van der Waals surface area contributed by atoms with Gasteiger partial charge in [0, 0.05) is 56.2 Å². The highest BCUT2D eigenvalue weighted by Crippen LogP contribution is 2.31. The average Bonchev–Trinajstić information content (AvgIpc) is 2.85. The van der Waals surface area contributed by atoms with Crippen LogP contribution in [0.5, 0.6) is 5.75 Å². The number of nitrogens with zero attached hydrogens (tertiary/aromatic N) is 3. The molecule has 0 unspecified atom stereocenters. The fourth-order valence-electron chi connectivity index (χ4n) is 4.68. The first-order valence-corrected chi connectivity index (χ1v) is 12.0. The van der Waals surface area contributed by atoms with E-state index in [9.17, 15) is 4.79 Å². The molecule has 0 bridgehead atoms. The van der Waals surface area contributed by atoms with Crippen molar-refractivity contribution < 1.29 is 14.3 Å². The number of urea groups is 1. The highest BCUT2D eigenvalue weighted by molar-refractivity contribution is 6.03. The third-order valence-corrected chi connectivity index (χ3v) is 6.56. The third-order valence-electron chi connectivity index (χ3n) is 6.56. The van der Waals surface area contributed by atoms with Crippen molar-refractivity contribution in [3.05, 3.63) is 54.6 Å². The summed E-state index contributed by atoms with van der Waals surface area (Å²) < 4.78 is 11.5. The molecule has 33 heavy (non-hydrogen) atoms. The second-order valence-electron chi connectivity index (χ2n) is 8.93. The van der Waals surface area contributed by atoms with Gasteiger partial charge >= 0.3 is 6.03 Å². The molecule has 1 heterocycles. The van der Waals surface area contributed by atoms with E-state index in [0.29, 0.717) is 6.61 Å². The Morgan fingerprint density at radius 2 is 1.85 bits per heavy atom. The maximum Gasteiger partial charge on any atom is 0.328 e. The fraction of sp³-hybridized carbons (Fsp3) is 0.500. The van der Waals surface area contributed by atoms with E-state index in [1.165, 1.54) is 0 Å². The molecule has 1 saturated heterocycles. The van der Waals surface area contributed by atoms with E-state index in [4.69, 9.17) is 15.2 Å². The Bertz CT molecular complexity index is 888. The summed E-state index contributed by atoms with van der Waals surface area (Å²) in [7, 11) is 1.83. The van der Waals surface area contributed by atoms with Crippen LogP contribution >= 0.6 is 0 Å². The molecule has 0 spiro atoms. The topological polar surface area (TPSA) is 71.3 Å². The molecule has 0 radical (unpaired) electrons. The van der Waals surface area contributed by atoms with Crippen LogP contribution in [0.15, 0.2) is 54.6 Å². The van der Waals surface area contributed by atoms with Crippen molar-refractivity contribution in [3.8, 4) is 5.75 Å². The third kappa shape index (κ3) is 6.25. The number of hydrogen-bond acceptors (Lipinski definition) is 5. The Kier molecular flexibility index (Phi) is 8.20. The minimum Gasteiger partial charge on any atom is -0.492 e. The van der Waals surface area contributed by atoms with Crippen molar-refractivity contribution in [1.29, 1.82) is 0 Å². The first kappa shape index (κ1) is 23.5. The van der Waals surface area contributed by atoms with Crippen LogP contribution in [0.4, 0.5) is 16.2 Å². The van der Waals surface area contributed by atoms with E-state index >= 15 is 0 Å². The SMILES string of the molecule is CN(C(=O)N(c1cccc(OCCN2CCOCC2)c1)[C@@H]1CCC[C@H](N)C1)c1ccccc1. The minimum absolute atomic E-state index is 0.0502. The van der Waals surface area contributed by atoms with Crippen LogP contribution in [0.1, 0.15) is 25.7 Å². The van der Waals surface area contributed by atoms with Gasteiger partial charge in [-0.05, 0) is 49.9 Å². The largest absolute Gasteiger partial charge is 0.492 e. The van der Waals surface area contributed by atoms with Crippen molar-refractivity contribution in [3.63, 3.8) is 0 Å². The van der Waals surface area contributed by atoms with Crippen LogP contribution in [-0.4, -0.2) is 69.5 Å². The lowest BCUT2D eigenvalue weighted by molar-refractivity contribution is 0.0322. The van der Waals surface area contributed by atoms with Crippen LogP contribution < -0.4 is 20.3 Å². The molecule has 2 atom stereocenters. The number of anilines is 2. The lowest BCUT2D eigenvalue weighted by Gasteiger charge is -2.38. The second-order valence-corrected chi connectivity index (χ2v) is 8.93. The second kappa shape index (κ2) is 11.5. The maximum atomic E-state index is 13.7. The number of carbonyl (C=O) groups excluding carboxylic acids is 1. The van der Waals surface area contributed by atoms with Crippen molar-refractivity contribution >= 4 is 17.4 Å². The zero-order chi connectivity index (χ0) is 23.0. The Morgan fingerprint density at radius 1 is 1.09 bits per heavy atom.